The molecule has 0 aliphatic carbocycles. The first-order chi connectivity index (χ1) is 13.6. The molecule has 28 heavy (non-hydrogen) atoms. The number of hydrogen-bond donors (Lipinski definition) is 1. The lowest BCUT2D eigenvalue weighted by atomic mass is 9.94. The zero-order valence-corrected chi connectivity index (χ0v) is 17.4. The first-order valence-electron chi connectivity index (χ1n) is 9.84. The molecule has 144 valence electrons. The van der Waals surface area contributed by atoms with Crippen molar-refractivity contribution in [3.8, 4) is 16.9 Å². The number of unbranched alkanes of at least 4 members (excludes halogenated alkanes) is 2. The molecular formula is C24H25NO2S. The fourth-order valence-electron chi connectivity index (χ4n) is 3.93. The fraction of sp³-hybridized carbons (Fsp3) is 0.292. The van der Waals surface area contributed by atoms with E-state index >= 15 is 0 Å². The van der Waals surface area contributed by atoms with Gasteiger partial charge >= 0.3 is 0 Å². The van der Waals surface area contributed by atoms with Crippen molar-refractivity contribution in [2.75, 3.05) is 7.11 Å². The molecule has 0 amide bonds. The molecule has 0 radical (unpaired) electrons. The number of fused-ring (bicyclic) bond motifs is 3. The molecule has 0 unspecified atom stereocenters. The van der Waals surface area contributed by atoms with E-state index in [1.165, 1.54) is 36.2 Å². The Morgan fingerprint density at radius 3 is 2.61 bits per heavy atom. The summed E-state index contributed by atoms with van der Waals surface area (Å²) in [4.78, 5) is 15.6. The third kappa shape index (κ3) is 3.22. The number of pyridine rings is 1. The van der Waals surface area contributed by atoms with E-state index in [2.05, 4.69) is 36.2 Å². The molecular weight excluding hydrogens is 366 g/mol. The third-order valence-electron chi connectivity index (χ3n) is 5.40. The number of rotatable bonds is 6. The Labute approximate surface area is 169 Å². The number of thiophene rings is 1. The summed E-state index contributed by atoms with van der Waals surface area (Å²) in [6.07, 6.45) is 4.84. The normalized spacial score (nSPS) is 11.4. The fourth-order valence-corrected chi connectivity index (χ4v) is 4.73. The van der Waals surface area contributed by atoms with Gasteiger partial charge in [-0.3, -0.25) is 4.79 Å². The van der Waals surface area contributed by atoms with Crippen molar-refractivity contribution in [2.45, 2.75) is 39.5 Å². The highest BCUT2D eigenvalue weighted by atomic mass is 32.1. The Bertz CT molecular complexity index is 1190. The summed E-state index contributed by atoms with van der Waals surface area (Å²) in [6.45, 7) is 4.24. The van der Waals surface area contributed by atoms with Crippen molar-refractivity contribution >= 4 is 32.3 Å². The first-order valence-corrected chi connectivity index (χ1v) is 10.7. The summed E-state index contributed by atoms with van der Waals surface area (Å²) in [7, 11) is 1.71. The molecule has 4 rings (SSSR count). The van der Waals surface area contributed by atoms with Gasteiger partial charge in [0.05, 0.1) is 12.6 Å². The van der Waals surface area contributed by atoms with Gasteiger partial charge < -0.3 is 9.72 Å². The van der Waals surface area contributed by atoms with Gasteiger partial charge in [-0.1, -0.05) is 44.0 Å². The van der Waals surface area contributed by atoms with Crippen LogP contribution in [-0.4, -0.2) is 12.1 Å². The third-order valence-corrected chi connectivity index (χ3v) is 6.31. The van der Waals surface area contributed by atoms with Crippen LogP contribution in [0, 0.1) is 6.92 Å². The molecule has 0 saturated heterocycles. The molecule has 4 aromatic rings. The SMILES string of the molecule is CCCCCc1ccc(-c2c(OC)cc(C)c3[nH]c(=O)c4sccc4c23)cc1. The summed E-state index contributed by atoms with van der Waals surface area (Å²) >= 11 is 1.48. The molecule has 4 heteroatoms. The van der Waals surface area contributed by atoms with E-state index in [-0.39, 0.29) is 5.56 Å². The van der Waals surface area contributed by atoms with Crippen LogP contribution < -0.4 is 10.3 Å². The molecule has 2 aromatic heterocycles. The number of aryl methyl sites for hydroxylation is 2. The van der Waals surface area contributed by atoms with Crippen molar-refractivity contribution in [1.29, 1.82) is 0 Å². The van der Waals surface area contributed by atoms with Crippen LogP contribution >= 0.6 is 11.3 Å². The number of nitrogens with one attached hydrogen (secondary N) is 1. The van der Waals surface area contributed by atoms with Gasteiger partial charge in [0, 0.05) is 16.3 Å². The van der Waals surface area contributed by atoms with Crippen LogP contribution in [0.1, 0.15) is 37.3 Å². The topological polar surface area (TPSA) is 42.1 Å². The quantitative estimate of drug-likeness (QED) is 0.383. The summed E-state index contributed by atoms with van der Waals surface area (Å²) in [5, 5.41) is 4.04. The molecule has 0 spiro atoms. The van der Waals surface area contributed by atoms with Crippen LogP contribution in [-0.2, 0) is 6.42 Å². The summed E-state index contributed by atoms with van der Waals surface area (Å²) in [5.41, 5.74) is 5.39. The maximum atomic E-state index is 12.5. The number of methoxy groups -OCH3 is 1. The van der Waals surface area contributed by atoms with Crippen molar-refractivity contribution in [1.82, 2.24) is 4.98 Å². The second kappa shape index (κ2) is 7.80. The maximum absolute atomic E-state index is 12.5. The van der Waals surface area contributed by atoms with E-state index in [4.69, 9.17) is 4.74 Å². The van der Waals surface area contributed by atoms with Gasteiger partial charge in [0.1, 0.15) is 10.4 Å². The number of hydrogen-bond acceptors (Lipinski definition) is 3. The highest BCUT2D eigenvalue weighted by molar-refractivity contribution is 7.17. The Kier molecular flexibility index (Phi) is 5.23. The molecule has 0 fully saturated rings. The highest BCUT2D eigenvalue weighted by Crippen LogP contribution is 2.41. The molecule has 2 aromatic carbocycles. The van der Waals surface area contributed by atoms with E-state index < -0.39 is 0 Å². The lowest BCUT2D eigenvalue weighted by Crippen LogP contribution is -2.06. The van der Waals surface area contributed by atoms with Gasteiger partial charge in [-0.15, -0.1) is 11.3 Å². The zero-order valence-electron chi connectivity index (χ0n) is 16.6. The van der Waals surface area contributed by atoms with E-state index in [9.17, 15) is 4.79 Å². The minimum absolute atomic E-state index is 0.0250. The van der Waals surface area contributed by atoms with Crippen LogP contribution in [0.2, 0.25) is 0 Å². The van der Waals surface area contributed by atoms with Crippen LogP contribution in [0.4, 0.5) is 0 Å². The average Bonchev–Trinajstić information content (AvgIpc) is 3.20. The van der Waals surface area contributed by atoms with Crippen LogP contribution in [0.5, 0.6) is 5.75 Å². The Morgan fingerprint density at radius 1 is 1.11 bits per heavy atom. The largest absolute Gasteiger partial charge is 0.496 e. The van der Waals surface area contributed by atoms with Gasteiger partial charge in [-0.2, -0.15) is 0 Å². The monoisotopic (exact) mass is 391 g/mol. The predicted molar refractivity (Wildman–Crippen MR) is 120 cm³/mol. The first kappa shape index (κ1) is 18.8. The van der Waals surface area contributed by atoms with Gasteiger partial charge in [0.2, 0.25) is 0 Å². The smallest absolute Gasteiger partial charge is 0.266 e. The number of H-pyrrole nitrogens is 1. The average molecular weight is 392 g/mol. The van der Waals surface area contributed by atoms with Crippen LogP contribution in [0.15, 0.2) is 46.6 Å². The predicted octanol–water partition coefficient (Wildman–Crippen LogP) is 6.46. The standard InChI is InChI=1S/C24H25NO2S/c1-4-5-6-7-16-8-10-17(11-9-16)20-19(27-3)14-15(2)22-21(20)18-12-13-28-23(18)24(26)25-22/h8-14H,4-7H2,1-3H3,(H,25,26). The van der Waals surface area contributed by atoms with Gasteiger partial charge in [0.15, 0.2) is 0 Å². The highest BCUT2D eigenvalue weighted by Gasteiger charge is 2.18. The lowest BCUT2D eigenvalue weighted by molar-refractivity contribution is 0.416. The Hall–Kier alpha value is -2.59. The molecule has 3 nitrogen and oxygen atoms in total. The Balaban J connectivity index is 1.94. The number of benzene rings is 2. The van der Waals surface area contributed by atoms with Gasteiger partial charge in [-0.05, 0) is 54.0 Å². The van der Waals surface area contributed by atoms with Crippen LogP contribution in [0.3, 0.4) is 0 Å². The van der Waals surface area contributed by atoms with Gasteiger partial charge in [0.25, 0.3) is 5.56 Å². The minimum Gasteiger partial charge on any atom is -0.496 e. The second-order valence-corrected chi connectivity index (χ2v) is 8.21. The summed E-state index contributed by atoms with van der Waals surface area (Å²) < 4.78 is 6.53. The van der Waals surface area contributed by atoms with E-state index in [0.29, 0.717) is 0 Å². The van der Waals surface area contributed by atoms with Crippen molar-refractivity contribution in [3.63, 3.8) is 0 Å². The van der Waals surface area contributed by atoms with Crippen molar-refractivity contribution in [2.24, 2.45) is 0 Å². The van der Waals surface area contributed by atoms with E-state index in [1.54, 1.807) is 7.11 Å². The second-order valence-electron chi connectivity index (χ2n) is 7.29. The maximum Gasteiger partial charge on any atom is 0.266 e. The number of aromatic nitrogens is 1. The lowest BCUT2D eigenvalue weighted by Gasteiger charge is -2.16. The zero-order chi connectivity index (χ0) is 19.7. The van der Waals surface area contributed by atoms with Crippen molar-refractivity contribution < 1.29 is 4.74 Å². The van der Waals surface area contributed by atoms with Crippen molar-refractivity contribution in [3.05, 3.63) is 63.3 Å². The molecule has 0 bridgehead atoms. The number of ether oxygens (including phenoxy) is 1. The molecule has 0 atom stereocenters. The molecule has 0 aliphatic heterocycles. The molecule has 0 saturated carbocycles. The molecule has 1 N–H and O–H groups in total. The van der Waals surface area contributed by atoms with E-state index in [0.717, 1.165) is 49.8 Å². The Morgan fingerprint density at radius 2 is 1.89 bits per heavy atom. The minimum atomic E-state index is -0.0250. The molecule has 2 heterocycles. The molecule has 0 aliphatic rings. The van der Waals surface area contributed by atoms with Crippen LogP contribution in [0.25, 0.3) is 32.1 Å². The summed E-state index contributed by atoms with van der Waals surface area (Å²) in [5.74, 6) is 0.836. The summed E-state index contributed by atoms with van der Waals surface area (Å²) in [6, 6.07) is 12.8. The van der Waals surface area contributed by atoms with Gasteiger partial charge in [-0.25, -0.2) is 0 Å². The van der Waals surface area contributed by atoms with E-state index in [1.807, 2.05) is 24.4 Å². The number of aromatic amines is 1.